The molecule has 2 aromatic carbocycles. The molecule has 122 valence electrons. The fourth-order valence-corrected chi connectivity index (χ4v) is 3.10. The average Bonchev–Trinajstić information content (AvgIpc) is 3.17. The Balaban J connectivity index is 1.38. The molecule has 1 aliphatic carbocycles. The van der Waals surface area contributed by atoms with Crippen molar-refractivity contribution in [2.24, 2.45) is 0 Å². The van der Waals surface area contributed by atoms with Gasteiger partial charge in [-0.1, -0.05) is 6.07 Å². The number of anilines is 1. The highest BCUT2D eigenvalue weighted by Gasteiger charge is 2.12. The molecule has 0 saturated heterocycles. The lowest BCUT2D eigenvalue weighted by molar-refractivity contribution is -0.118. The van der Waals surface area contributed by atoms with Crippen molar-refractivity contribution in [3.8, 4) is 5.75 Å². The zero-order valence-electron chi connectivity index (χ0n) is 13.5. The summed E-state index contributed by atoms with van der Waals surface area (Å²) in [7, 11) is 0. The van der Waals surface area contributed by atoms with E-state index in [1.54, 1.807) is 25.1 Å². The highest BCUT2D eigenvalue weighted by atomic mass is 16.5. The van der Waals surface area contributed by atoms with Crippen molar-refractivity contribution < 1.29 is 13.9 Å². The van der Waals surface area contributed by atoms with Crippen LogP contribution in [-0.2, 0) is 17.6 Å². The highest BCUT2D eigenvalue weighted by Crippen LogP contribution is 2.26. The van der Waals surface area contributed by atoms with Gasteiger partial charge in [0.2, 0.25) is 0 Å². The van der Waals surface area contributed by atoms with E-state index in [0.29, 0.717) is 17.2 Å². The van der Waals surface area contributed by atoms with Crippen LogP contribution in [0.3, 0.4) is 0 Å². The number of hydrogen-bond acceptors (Lipinski definition) is 4. The van der Waals surface area contributed by atoms with Crippen molar-refractivity contribution in [1.82, 2.24) is 4.98 Å². The number of carbonyl (C=O) groups excluding carboxylic acids is 1. The maximum atomic E-state index is 12.1. The first-order chi connectivity index (χ1) is 11.7. The third-order valence-corrected chi connectivity index (χ3v) is 4.22. The van der Waals surface area contributed by atoms with Gasteiger partial charge in [0.25, 0.3) is 5.91 Å². The van der Waals surface area contributed by atoms with E-state index in [4.69, 9.17) is 9.15 Å². The second-order valence-electron chi connectivity index (χ2n) is 6.04. The summed E-state index contributed by atoms with van der Waals surface area (Å²) in [5.41, 5.74) is 4.84. The molecular weight excluding hydrogens is 304 g/mol. The van der Waals surface area contributed by atoms with Crippen molar-refractivity contribution in [2.45, 2.75) is 26.2 Å². The van der Waals surface area contributed by atoms with Gasteiger partial charge in [0.05, 0.1) is 0 Å². The van der Waals surface area contributed by atoms with Crippen LogP contribution in [0.1, 0.15) is 23.4 Å². The summed E-state index contributed by atoms with van der Waals surface area (Å²) < 4.78 is 11.0. The minimum atomic E-state index is -0.199. The average molecular weight is 322 g/mol. The summed E-state index contributed by atoms with van der Waals surface area (Å²) in [6, 6.07) is 11.4. The van der Waals surface area contributed by atoms with Gasteiger partial charge >= 0.3 is 0 Å². The standard InChI is InChI=1S/C19H18N2O3/c1-12-20-17-10-15(6-8-18(17)24-12)21-19(22)11-23-16-7-5-13-3-2-4-14(13)9-16/h5-10H,2-4,11H2,1H3,(H,21,22). The number of aryl methyl sites for hydroxylation is 3. The van der Waals surface area contributed by atoms with E-state index in [9.17, 15) is 4.79 Å². The third-order valence-electron chi connectivity index (χ3n) is 4.22. The van der Waals surface area contributed by atoms with Crippen LogP contribution in [0.4, 0.5) is 5.69 Å². The Morgan fingerprint density at radius 2 is 2.08 bits per heavy atom. The van der Waals surface area contributed by atoms with E-state index in [1.807, 2.05) is 12.1 Å². The molecule has 1 amide bonds. The minimum Gasteiger partial charge on any atom is -0.484 e. The lowest BCUT2D eigenvalue weighted by atomic mass is 10.1. The van der Waals surface area contributed by atoms with E-state index in [0.717, 1.165) is 24.1 Å². The third kappa shape index (κ3) is 2.97. The number of nitrogens with zero attached hydrogens (tertiary/aromatic N) is 1. The smallest absolute Gasteiger partial charge is 0.262 e. The summed E-state index contributed by atoms with van der Waals surface area (Å²) in [6.45, 7) is 1.78. The summed E-state index contributed by atoms with van der Waals surface area (Å²) in [5, 5.41) is 2.82. The second-order valence-corrected chi connectivity index (χ2v) is 6.04. The fraction of sp³-hybridized carbons (Fsp3) is 0.263. The molecule has 1 aromatic heterocycles. The van der Waals surface area contributed by atoms with Gasteiger partial charge in [0.15, 0.2) is 18.1 Å². The van der Waals surface area contributed by atoms with E-state index >= 15 is 0 Å². The van der Waals surface area contributed by atoms with Gasteiger partial charge in [-0.05, 0) is 60.7 Å². The van der Waals surface area contributed by atoms with Gasteiger partial charge in [0.1, 0.15) is 11.3 Å². The molecule has 0 fully saturated rings. The maximum Gasteiger partial charge on any atom is 0.262 e. The van der Waals surface area contributed by atoms with Crippen LogP contribution in [0.25, 0.3) is 11.1 Å². The molecule has 4 rings (SSSR count). The molecule has 5 heteroatoms. The first-order valence-corrected chi connectivity index (χ1v) is 8.09. The molecule has 0 unspecified atom stereocenters. The number of aromatic nitrogens is 1. The molecule has 5 nitrogen and oxygen atoms in total. The topological polar surface area (TPSA) is 64.4 Å². The summed E-state index contributed by atoms with van der Waals surface area (Å²) in [4.78, 5) is 16.3. The maximum absolute atomic E-state index is 12.1. The molecule has 0 saturated carbocycles. The molecule has 1 aliphatic rings. The Hall–Kier alpha value is -2.82. The minimum absolute atomic E-state index is 0.0192. The van der Waals surface area contributed by atoms with Crippen LogP contribution in [0.2, 0.25) is 0 Å². The summed E-state index contributed by atoms with van der Waals surface area (Å²) in [6.07, 6.45) is 3.43. The molecule has 24 heavy (non-hydrogen) atoms. The SMILES string of the molecule is Cc1nc2cc(NC(=O)COc3ccc4c(c3)CCC4)ccc2o1. The van der Waals surface area contributed by atoms with Crippen LogP contribution in [0.15, 0.2) is 40.8 Å². The molecule has 0 spiro atoms. The largest absolute Gasteiger partial charge is 0.484 e. The highest BCUT2D eigenvalue weighted by molar-refractivity contribution is 5.93. The fourth-order valence-electron chi connectivity index (χ4n) is 3.10. The number of rotatable bonds is 4. The quantitative estimate of drug-likeness (QED) is 0.796. The predicted molar refractivity (Wildman–Crippen MR) is 91.3 cm³/mol. The van der Waals surface area contributed by atoms with E-state index in [1.165, 1.54) is 17.5 Å². The first-order valence-electron chi connectivity index (χ1n) is 8.09. The monoisotopic (exact) mass is 322 g/mol. The summed E-state index contributed by atoms with van der Waals surface area (Å²) >= 11 is 0. The van der Waals surface area contributed by atoms with Crippen molar-refractivity contribution in [1.29, 1.82) is 0 Å². The number of amides is 1. The van der Waals surface area contributed by atoms with Crippen molar-refractivity contribution >= 4 is 22.7 Å². The van der Waals surface area contributed by atoms with Crippen LogP contribution in [-0.4, -0.2) is 17.5 Å². The van der Waals surface area contributed by atoms with Crippen molar-refractivity contribution in [2.75, 3.05) is 11.9 Å². The van der Waals surface area contributed by atoms with E-state index in [-0.39, 0.29) is 12.5 Å². The molecule has 0 bridgehead atoms. The molecule has 0 atom stereocenters. The molecule has 0 aliphatic heterocycles. The Labute approximate surface area is 139 Å². The van der Waals surface area contributed by atoms with Gasteiger partial charge < -0.3 is 14.5 Å². The lowest BCUT2D eigenvalue weighted by Crippen LogP contribution is -2.20. The van der Waals surface area contributed by atoms with Gasteiger partial charge in [-0.25, -0.2) is 4.98 Å². The molecule has 0 radical (unpaired) electrons. The number of nitrogens with one attached hydrogen (secondary N) is 1. The van der Waals surface area contributed by atoms with E-state index in [2.05, 4.69) is 16.4 Å². The summed E-state index contributed by atoms with van der Waals surface area (Å²) in [5.74, 6) is 1.15. The Kier molecular flexibility index (Phi) is 3.69. The molecule has 1 heterocycles. The number of oxazole rings is 1. The van der Waals surface area contributed by atoms with Gasteiger partial charge in [-0.2, -0.15) is 0 Å². The van der Waals surface area contributed by atoms with Crippen molar-refractivity contribution in [3.05, 3.63) is 53.4 Å². The normalized spacial score (nSPS) is 13.0. The van der Waals surface area contributed by atoms with Gasteiger partial charge in [-0.3, -0.25) is 4.79 Å². The zero-order valence-corrected chi connectivity index (χ0v) is 13.5. The molecule has 3 aromatic rings. The van der Waals surface area contributed by atoms with Crippen LogP contribution >= 0.6 is 0 Å². The number of benzene rings is 2. The Morgan fingerprint density at radius 1 is 1.21 bits per heavy atom. The van der Waals surface area contributed by atoms with Crippen LogP contribution < -0.4 is 10.1 Å². The van der Waals surface area contributed by atoms with Gasteiger partial charge in [-0.15, -0.1) is 0 Å². The lowest BCUT2D eigenvalue weighted by Gasteiger charge is -2.09. The molecular formula is C19H18N2O3. The first kappa shape index (κ1) is 14.8. The number of fused-ring (bicyclic) bond motifs is 2. The predicted octanol–water partition coefficient (Wildman–Crippen LogP) is 3.64. The van der Waals surface area contributed by atoms with Crippen LogP contribution in [0.5, 0.6) is 5.75 Å². The number of carbonyl (C=O) groups is 1. The van der Waals surface area contributed by atoms with Crippen LogP contribution in [0, 0.1) is 6.92 Å². The second kappa shape index (κ2) is 6.00. The Bertz CT molecular complexity index is 914. The van der Waals surface area contributed by atoms with Crippen molar-refractivity contribution in [3.63, 3.8) is 0 Å². The van der Waals surface area contributed by atoms with E-state index < -0.39 is 0 Å². The number of ether oxygens (including phenoxy) is 1. The van der Waals surface area contributed by atoms with Gasteiger partial charge in [0, 0.05) is 12.6 Å². The zero-order chi connectivity index (χ0) is 16.5. The Morgan fingerprint density at radius 3 is 3.00 bits per heavy atom. The number of hydrogen-bond donors (Lipinski definition) is 1. The molecule has 1 N–H and O–H groups in total.